The first-order valence-corrected chi connectivity index (χ1v) is 12.8. The zero-order valence-corrected chi connectivity index (χ0v) is 20.6. The van der Waals surface area contributed by atoms with E-state index in [1.807, 2.05) is 0 Å². The summed E-state index contributed by atoms with van der Waals surface area (Å²) in [7, 11) is 0. The zero-order chi connectivity index (χ0) is 23.6. The molecule has 1 heterocycles. The van der Waals surface area contributed by atoms with Crippen LogP contribution in [0.15, 0.2) is 48.0 Å². The average Bonchev–Trinajstić information content (AvgIpc) is 3.16. The van der Waals surface area contributed by atoms with Gasteiger partial charge in [0, 0.05) is 24.4 Å². The van der Waals surface area contributed by atoms with Gasteiger partial charge >= 0.3 is 0 Å². The molecule has 0 spiro atoms. The minimum Gasteiger partial charge on any atom is -0.498 e. The number of hydrogen-bond donors (Lipinski definition) is 0. The molecule has 5 unspecified atom stereocenters. The largest absolute Gasteiger partial charge is 0.498 e. The molecule has 1 aromatic rings. The highest BCUT2D eigenvalue weighted by Crippen LogP contribution is 2.61. The second kappa shape index (κ2) is 10.1. The number of pyridine rings is 1. The lowest BCUT2D eigenvalue weighted by Gasteiger charge is -2.50. The topological polar surface area (TPSA) is 22.1 Å². The van der Waals surface area contributed by atoms with E-state index in [1.54, 1.807) is 12.3 Å². The molecule has 1 saturated carbocycles. The molecule has 3 aliphatic carbocycles. The average molecular weight is 456 g/mol. The lowest BCUT2D eigenvalue weighted by molar-refractivity contribution is 0.0347. The molecule has 33 heavy (non-hydrogen) atoms. The van der Waals surface area contributed by atoms with Gasteiger partial charge in [-0.25, -0.2) is 8.78 Å². The van der Waals surface area contributed by atoms with E-state index in [4.69, 9.17) is 4.74 Å². The van der Waals surface area contributed by atoms with Crippen molar-refractivity contribution < 1.29 is 13.5 Å². The maximum atomic E-state index is 13.4. The molecule has 5 atom stereocenters. The van der Waals surface area contributed by atoms with Crippen molar-refractivity contribution in [2.45, 2.75) is 79.1 Å². The summed E-state index contributed by atoms with van der Waals surface area (Å²) in [6.07, 6.45) is 15.1. The Bertz CT molecular complexity index is 933. The number of ether oxygens (including phenoxy) is 1. The van der Waals surface area contributed by atoms with Crippen LogP contribution in [0.2, 0.25) is 0 Å². The molecule has 0 radical (unpaired) electrons. The number of halogens is 2. The number of hydrogen-bond acceptors (Lipinski definition) is 2. The van der Waals surface area contributed by atoms with Crippen LogP contribution in [0, 0.1) is 29.1 Å². The highest BCUT2D eigenvalue weighted by atomic mass is 19.3. The van der Waals surface area contributed by atoms with E-state index in [2.05, 4.69) is 50.9 Å². The Hall–Kier alpha value is -1.97. The number of fused-ring (bicyclic) bond motifs is 3. The van der Waals surface area contributed by atoms with Crippen LogP contribution in [0.1, 0.15) is 90.2 Å². The van der Waals surface area contributed by atoms with Crippen molar-refractivity contribution in [3.8, 4) is 0 Å². The molecular formula is C29H39F2NO. The Kier molecular flexibility index (Phi) is 7.40. The third-order valence-electron chi connectivity index (χ3n) is 8.76. The summed E-state index contributed by atoms with van der Waals surface area (Å²) in [6.45, 7) is 9.85. The summed E-state index contributed by atoms with van der Waals surface area (Å²) in [5, 5.41) is 0. The summed E-state index contributed by atoms with van der Waals surface area (Å²) >= 11 is 0. The smallest absolute Gasteiger partial charge is 0.265 e. The van der Waals surface area contributed by atoms with Gasteiger partial charge in [-0.1, -0.05) is 38.5 Å². The monoisotopic (exact) mass is 455 g/mol. The summed E-state index contributed by atoms with van der Waals surface area (Å²) in [5.74, 6) is 3.62. The minimum atomic E-state index is -2.48. The molecule has 4 rings (SSSR count). The number of allylic oxidation sites excluding steroid dienone is 6. The van der Waals surface area contributed by atoms with E-state index in [0.29, 0.717) is 23.7 Å². The molecule has 3 aliphatic rings. The Morgan fingerprint density at radius 1 is 1.15 bits per heavy atom. The molecule has 0 amide bonds. The van der Waals surface area contributed by atoms with Crippen LogP contribution >= 0.6 is 0 Å². The number of aromatic nitrogens is 1. The summed E-state index contributed by atoms with van der Waals surface area (Å²) in [5.41, 5.74) is 3.68. The molecule has 1 fully saturated rings. The fourth-order valence-electron chi connectivity index (χ4n) is 6.87. The SMILES string of the molecule is CCOC1=CC=C(CC)CC2C(CCC3(C)C(c4cncc(C(F)F)c4)=CCC23)C(C)CC1. The first-order chi connectivity index (χ1) is 15.9. The quantitative estimate of drug-likeness (QED) is 0.444. The van der Waals surface area contributed by atoms with Crippen molar-refractivity contribution in [3.05, 3.63) is 59.1 Å². The van der Waals surface area contributed by atoms with Gasteiger partial charge in [0.1, 0.15) is 0 Å². The first kappa shape index (κ1) is 24.2. The van der Waals surface area contributed by atoms with Crippen molar-refractivity contribution in [1.29, 1.82) is 0 Å². The molecule has 0 saturated heterocycles. The standard InChI is InChI=1S/C29H39F2NO/c1-5-20-8-10-23(33-6-2)9-7-19(3)24-13-14-29(4)26(11-12-27(29)25(24)15-20)21-16-22(28(30)31)18-32-17-21/h8,10-11,16-19,24-25,27-28H,5-7,9,12-15H2,1-4H3. The van der Waals surface area contributed by atoms with E-state index < -0.39 is 6.43 Å². The van der Waals surface area contributed by atoms with E-state index in [0.717, 1.165) is 56.5 Å². The van der Waals surface area contributed by atoms with Gasteiger partial charge in [-0.3, -0.25) is 4.98 Å². The predicted octanol–water partition coefficient (Wildman–Crippen LogP) is 8.53. The fraction of sp³-hybridized carbons (Fsp3) is 0.621. The van der Waals surface area contributed by atoms with Gasteiger partial charge in [-0.2, -0.15) is 0 Å². The molecule has 4 heteroatoms. The van der Waals surface area contributed by atoms with Crippen LogP contribution in [-0.2, 0) is 4.74 Å². The zero-order valence-electron chi connectivity index (χ0n) is 20.6. The molecule has 0 aliphatic heterocycles. The van der Waals surface area contributed by atoms with Crippen LogP contribution in [0.3, 0.4) is 0 Å². The van der Waals surface area contributed by atoms with Crippen LogP contribution in [0.5, 0.6) is 0 Å². The van der Waals surface area contributed by atoms with Crippen molar-refractivity contribution in [1.82, 2.24) is 4.98 Å². The highest BCUT2D eigenvalue weighted by Gasteiger charge is 2.51. The van der Waals surface area contributed by atoms with E-state index in [-0.39, 0.29) is 11.0 Å². The molecule has 1 aromatic heterocycles. The van der Waals surface area contributed by atoms with Crippen LogP contribution < -0.4 is 0 Å². The Morgan fingerprint density at radius 3 is 2.70 bits per heavy atom. The second-order valence-electron chi connectivity index (χ2n) is 10.5. The molecule has 0 N–H and O–H groups in total. The highest BCUT2D eigenvalue weighted by molar-refractivity contribution is 5.72. The van der Waals surface area contributed by atoms with Crippen molar-refractivity contribution >= 4 is 5.57 Å². The third-order valence-corrected chi connectivity index (χ3v) is 8.76. The predicted molar refractivity (Wildman–Crippen MR) is 131 cm³/mol. The van der Waals surface area contributed by atoms with Gasteiger partial charge in [-0.05, 0) is 97.8 Å². The summed E-state index contributed by atoms with van der Waals surface area (Å²) in [4.78, 5) is 4.16. The lowest BCUT2D eigenvalue weighted by Crippen LogP contribution is -2.42. The Labute approximate surface area is 198 Å². The van der Waals surface area contributed by atoms with Gasteiger partial charge in [0.25, 0.3) is 6.43 Å². The molecule has 180 valence electrons. The van der Waals surface area contributed by atoms with E-state index >= 15 is 0 Å². The summed E-state index contributed by atoms with van der Waals surface area (Å²) < 4.78 is 32.6. The Morgan fingerprint density at radius 2 is 1.97 bits per heavy atom. The van der Waals surface area contributed by atoms with Crippen molar-refractivity contribution in [2.24, 2.45) is 29.1 Å². The maximum Gasteiger partial charge on any atom is 0.265 e. The van der Waals surface area contributed by atoms with E-state index in [9.17, 15) is 8.78 Å². The van der Waals surface area contributed by atoms with Crippen LogP contribution in [0.4, 0.5) is 8.78 Å². The fourth-order valence-corrected chi connectivity index (χ4v) is 6.87. The van der Waals surface area contributed by atoms with Crippen LogP contribution in [-0.4, -0.2) is 11.6 Å². The maximum absolute atomic E-state index is 13.4. The van der Waals surface area contributed by atoms with Crippen molar-refractivity contribution in [2.75, 3.05) is 6.61 Å². The number of alkyl halides is 2. The molecule has 0 bridgehead atoms. The number of rotatable bonds is 5. The van der Waals surface area contributed by atoms with Crippen LogP contribution in [0.25, 0.3) is 5.57 Å². The normalized spacial score (nSPS) is 32.4. The second-order valence-corrected chi connectivity index (χ2v) is 10.5. The Balaban J connectivity index is 1.65. The van der Waals surface area contributed by atoms with E-state index in [1.165, 1.54) is 23.8 Å². The number of nitrogens with zero attached hydrogens (tertiary/aromatic N) is 1. The third kappa shape index (κ3) is 4.81. The minimum absolute atomic E-state index is 0.0227. The van der Waals surface area contributed by atoms with Gasteiger partial charge in [0.05, 0.1) is 12.4 Å². The van der Waals surface area contributed by atoms with Crippen molar-refractivity contribution in [3.63, 3.8) is 0 Å². The molecular weight excluding hydrogens is 416 g/mol. The van der Waals surface area contributed by atoms with Gasteiger partial charge in [-0.15, -0.1) is 0 Å². The molecule has 0 aromatic carbocycles. The molecule has 2 nitrogen and oxygen atoms in total. The van der Waals surface area contributed by atoms with Gasteiger partial charge in [0.2, 0.25) is 0 Å². The van der Waals surface area contributed by atoms with Gasteiger partial charge < -0.3 is 4.74 Å². The first-order valence-electron chi connectivity index (χ1n) is 12.8. The lowest BCUT2D eigenvalue weighted by atomic mass is 9.54. The van der Waals surface area contributed by atoms with Gasteiger partial charge in [0.15, 0.2) is 0 Å². The summed E-state index contributed by atoms with van der Waals surface area (Å²) in [6, 6.07) is 1.66.